The molecule has 0 radical (unpaired) electrons. The van der Waals surface area contributed by atoms with E-state index in [1.54, 1.807) is 4.90 Å². The molecule has 3 aliphatic heterocycles. The Balaban J connectivity index is 1.43. The second kappa shape index (κ2) is 6.37. The maximum Gasteiger partial charge on any atom is 0.232 e. The quantitative estimate of drug-likeness (QED) is 0.661. The van der Waals surface area contributed by atoms with Crippen molar-refractivity contribution in [3.05, 3.63) is 0 Å². The van der Waals surface area contributed by atoms with Crippen LogP contribution in [0, 0.1) is 0 Å². The van der Waals surface area contributed by atoms with Crippen LogP contribution in [0.25, 0.3) is 0 Å². The predicted molar refractivity (Wildman–Crippen MR) is 80.3 cm³/mol. The van der Waals surface area contributed by atoms with Gasteiger partial charge in [-0.15, -0.1) is 0 Å². The Morgan fingerprint density at radius 1 is 1.17 bits per heavy atom. The number of nitrogens with one attached hydrogen (secondary N) is 1. The Kier molecular flexibility index (Phi) is 4.61. The molecule has 0 bridgehead atoms. The van der Waals surface area contributed by atoms with Crippen molar-refractivity contribution in [1.29, 1.82) is 0 Å². The van der Waals surface area contributed by atoms with E-state index in [-0.39, 0.29) is 29.9 Å². The molecule has 1 atom stereocenters. The van der Waals surface area contributed by atoms with Crippen LogP contribution in [0.2, 0.25) is 0 Å². The van der Waals surface area contributed by atoms with Crippen molar-refractivity contribution in [3.8, 4) is 0 Å². The predicted octanol–water partition coefficient (Wildman–Crippen LogP) is -0.955. The lowest BCUT2D eigenvalue weighted by Gasteiger charge is -2.37. The Morgan fingerprint density at radius 2 is 1.83 bits per heavy atom. The van der Waals surface area contributed by atoms with Crippen molar-refractivity contribution in [2.45, 2.75) is 37.5 Å². The zero-order valence-electron chi connectivity index (χ0n) is 13.0. The summed E-state index contributed by atoms with van der Waals surface area (Å²) in [5.41, 5.74) is 0. The zero-order valence-corrected chi connectivity index (χ0v) is 13.8. The number of sulfone groups is 1. The standard InChI is InChI=1S/C14H22N2O6S/c17-12(15-11-1-8-23(19,20)10-11)9-13(18)16-4-2-14(3-5-16)21-6-7-22-14/h11H,1-10H2,(H,15,17). The van der Waals surface area contributed by atoms with E-state index in [4.69, 9.17) is 9.47 Å². The molecule has 1 N–H and O–H groups in total. The Bertz CT molecular complexity index is 574. The van der Waals surface area contributed by atoms with Gasteiger partial charge in [0.25, 0.3) is 0 Å². The van der Waals surface area contributed by atoms with Gasteiger partial charge in [0.05, 0.1) is 24.7 Å². The molecule has 9 heteroatoms. The number of nitrogens with zero attached hydrogens (tertiary/aromatic N) is 1. The molecule has 0 aliphatic carbocycles. The average molecular weight is 346 g/mol. The lowest BCUT2D eigenvalue weighted by Crippen LogP contribution is -2.48. The molecule has 130 valence electrons. The van der Waals surface area contributed by atoms with E-state index in [2.05, 4.69) is 5.32 Å². The first-order valence-electron chi connectivity index (χ1n) is 7.93. The molecular formula is C14H22N2O6S. The summed E-state index contributed by atoms with van der Waals surface area (Å²) in [7, 11) is -3.04. The Morgan fingerprint density at radius 3 is 2.39 bits per heavy atom. The smallest absolute Gasteiger partial charge is 0.232 e. The van der Waals surface area contributed by atoms with Crippen LogP contribution in [-0.2, 0) is 28.9 Å². The lowest BCUT2D eigenvalue weighted by atomic mass is 10.0. The van der Waals surface area contributed by atoms with E-state index in [0.717, 1.165) is 0 Å². The second-order valence-electron chi connectivity index (χ2n) is 6.33. The number of hydrogen-bond acceptors (Lipinski definition) is 6. The molecule has 8 nitrogen and oxygen atoms in total. The first kappa shape index (κ1) is 16.7. The van der Waals surface area contributed by atoms with Gasteiger partial charge in [-0.2, -0.15) is 0 Å². The first-order chi connectivity index (χ1) is 10.9. The van der Waals surface area contributed by atoms with Crippen molar-refractivity contribution >= 4 is 21.7 Å². The fourth-order valence-corrected chi connectivity index (χ4v) is 4.99. The largest absolute Gasteiger partial charge is 0.352 e. The topological polar surface area (TPSA) is 102 Å². The summed E-state index contributed by atoms with van der Waals surface area (Å²) in [5.74, 6) is -1.13. The Hall–Kier alpha value is -1.19. The molecule has 0 aromatic rings. The van der Waals surface area contributed by atoms with Gasteiger partial charge in [-0.1, -0.05) is 0 Å². The third kappa shape index (κ3) is 4.02. The molecule has 0 saturated carbocycles. The normalized spacial score (nSPS) is 28.9. The van der Waals surface area contributed by atoms with Crippen LogP contribution in [0.1, 0.15) is 25.7 Å². The number of amides is 2. The number of piperidine rings is 1. The van der Waals surface area contributed by atoms with Crippen LogP contribution in [-0.4, -0.2) is 74.8 Å². The van der Waals surface area contributed by atoms with Crippen LogP contribution in [0.3, 0.4) is 0 Å². The summed E-state index contributed by atoms with van der Waals surface area (Å²) >= 11 is 0. The summed E-state index contributed by atoms with van der Waals surface area (Å²) < 4.78 is 33.9. The summed E-state index contributed by atoms with van der Waals surface area (Å²) in [4.78, 5) is 25.7. The van der Waals surface area contributed by atoms with Gasteiger partial charge in [0.15, 0.2) is 15.6 Å². The highest BCUT2D eigenvalue weighted by atomic mass is 32.2. The molecule has 0 aromatic heterocycles. The van der Waals surface area contributed by atoms with E-state index < -0.39 is 21.5 Å². The molecule has 1 spiro atoms. The molecule has 0 aromatic carbocycles. The number of ether oxygens (including phenoxy) is 2. The Labute approximate surface area is 135 Å². The fraction of sp³-hybridized carbons (Fsp3) is 0.857. The molecule has 3 aliphatic rings. The van der Waals surface area contributed by atoms with Crippen LogP contribution in [0.4, 0.5) is 0 Å². The summed E-state index contributed by atoms with van der Waals surface area (Å²) in [5, 5.41) is 2.64. The van der Waals surface area contributed by atoms with Gasteiger partial charge in [0.2, 0.25) is 11.8 Å². The monoisotopic (exact) mass is 346 g/mol. The summed E-state index contributed by atoms with van der Waals surface area (Å²) in [6, 6.07) is -0.370. The van der Waals surface area contributed by atoms with E-state index in [1.165, 1.54) is 0 Å². The molecular weight excluding hydrogens is 324 g/mol. The van der Waals surface area contributed by atoms with Crippen molar-refractivity contribution in [3.63, 3.8) is 0 Å². The van der Waals surface area contributed by atoms with Crippen molar-refractivity contribution < 1.29 is 27.5 Å². The summed E-state index contributed by atoms with van der Waals surface area (Å²) in [6.45, 7) is 2.18. The third-order valence-electron chi connectivity index (χ3n) is 4.60. The highest BCUT2D eigenvalue weighted by Crippen LogP contribution is 2.31. The zero-order chi connectivity index (χ0) is 16.5. The van der Waals surface area contributed by atoms with Gasteiger partial charge in [-0.3, -0.25) is 9.59 Å². The lowest BCUT2D eigenvalue weighted by molar-refractivity contribution is -0.187. The van der Waals surface area contributed by atoms with E-state index in [0.29, 0.717) is 45.6 Å². The average Bonchev–Trinajstić information content (AvgIpc) is 3.06. The highest BCUT2D eigenvalue weighted by molar-refractivity contribution is 7.91. The number of carbonyl (C=O) groups excluding carboxylic acids is 2. The van der Waals surface area contributed by atoms with Crippen LogP contribution in [0.5, 0.6) is 0 Å². The maximum absolute atomic E-state index is 12.2. The van der Waals surface area contributed by atoms with Crippen molar-refractivity contribution in [2.75, 3.05) is 37.8 Å². The van der Waals surface area contributed by atoms with E-state index in [9.17, 15) is 18.0 Å². The van der Waals surface area contributed by atoms with Crippen LogP contribution < -0.4 is 5.32 Å². The maximum atomic E-state index is 12.2. The minimum Gasteiger partial charge on any atom is -0.352 e. The number of hydrogen-bond donors (Lipinski definition) is 1. The van der Waals surface area contributed by atoms with Gasteiger partial charge < -0.3 is 19.7 Å². The third-order valence-corrected chi connectivity index (χ3v) is 6.37. The van der Waals surface area contributed by atoms with Crippen LogP contribution >= 0.6 is 0 Å². The fourth-order valence-electron chi connectivity index (χ4n) is 3.32. The molecule has 3 heterocycles. The van der Waals surface area contributed by atoms with Crippen molar-refractivity contribution in [2.24, 2.45) is 0 Å². The highest BCUT2D eigenvalue weighted by Gasteiger charge is 2.41. The molecule has 3 saturated heterocycles. The summed E-state index contributed by atoms with van der Waals surface area (Å²) in [6.07, 6.45) is 1.40. The molecule has 3 rings (SSSR count). The number of rotatable bonds is 3. The number of likely N-dealkylation sites (tertiary alicyclic amines) is 1. The first-order valence-corrected chi connectivity index (χ1v) is 9.75. The molecule has 2 amide bonds. The minimum atomic E-state index is -3.04. The number of carbonyl (C=O) groups is 2. The minimum absolute atomic E-state index is 0.0339. The van der Waals surface area contributed by atoms with Crippen molar-refractivity contribution in [1.82, 2.24) is 10.2 Å². The van der Waals surface area contributed by atoms with Gasteiger partial charge in [-0.05, 0) is 6.42 Å². The SMILES string of the molecule is O=C(CC(=O)N1CCC2(CC1)OCCO2)NC1CCS(=O)(=O)C1. The molecule has 1 unspecified atom stereocenters. The van der Waals surface area contributed by atoms with Crippen LogP contribution in [0.15, 0.2) is 0 Å². The van der Waals surface area contributed by atoms with Gasteiger partial charge in [0.1, 0.15) is 6.42 Å². The van der Waals surface area contributed by atoms with E-state index >= 15 is 0 Å². The van der Waals surface area contributed by atoms with Gasteiger partial charge >= 0.3 is 0 Å². The van der Waals surface area contributed by atoms with E-state index in [1.807, 2.05) is 0 Å². The second-order valence-corrected chi connectivity index (χ2v) is 8.56. The molecule has 23 heavy (non-hydrogen) atoms. The van der Waals surface area contributed by atoms with Gasteiger partial charge in [0, 0.05) is 32.0 Å². The van der Waals surface area contributed by atoms with Gasteiger partial charge in [-0.25, -0.2) is 8.42 Å². The molecule has 3 fully saturated rings.